The summed E-state index contributed by atoms with van der Waals surface area (Å²) in [7, 11) is -0.538. The highest BCUT2D eigenvalue weighted by Crippen LogP contribution is 2.73. The third-order valence-electron chi connectivity index (χ3n) is 11.9. The Hall–Kier alpha value is -2.83. The number of nitriles is 1. The molecule has 0 spiro atoms. The van der Waals surface area contributed by atoms with E-state index in [-0.39, 0.29) is 57.9 Å². The highest BCUT2D eigenvalue weighted by atomic mass is 16.7. The lowest BCUT2D eigenvalue weighted by molar-refractivity contribution is -0.249. The molecule has 0 aromatic heterocycles. The van der Waals surface area contributed by atoms with Gasteiger partial charge in [0, 0.05) is 25.0 Å². The molecule has 4 aliphatic carbocycles. The number of hydrogen-bond donors (Lipinski definition) is 2. The van der Waals surface area contributed by atoms with Gasteiger partial charge in [-0.2, -0.15) is 5.26 Å². The van der Waals surface area contributed by atoms with Crippen LogP contribution in [0.3, 0.4) is 0 Å². The Bertz CT molecular complexity index is 1340. The van der Waals surface area contributed by atoms with Crippen molar-refractivity contribution in [2.45, 2.75) is 109 Å². The van der Waals surface area contributed by atoms with Crippen LogP contribution in [0.4, 0.5) is 4.79 Å². The van der Waals surface area contributed by atoms with Crippen LogP contribution in [0.2, 0.25) is 0 Å². The van der Waals surface area contributed by atoms with Crippen LogP contribution in [-0.4, -0.2) is 60.2 Å². The second-order valence-electron chi connectivity index (χ2n) is 15.1. The SMILES string of the molecule is CC(C)/C=C(\C#N)C(=O)N1CCCC[C@@H]1CNC(=O)NC1(B2O[C@@H]3CC4(C)C[C@@H](C4(C)C)[C@]3(C)O2)CC1c1ccccc1. The number of carbonyl (C=O) groups excluding carboxylic acids is 2. The topological polar surface area (TPSA) is 104 Å². The molecule has 1 aromatic rings. The molecular weight excluding hydrogens is 539 g/mol. The van der Waals surface area contributed by atoms with E-state index in [0.717, 1.165) is 44.1 Å². The number of hydrogen-bond acceptors (Lipinski definition) is 5. The molecule has 230 valence electrons. The lowest BCUT2D eigenvalue weighted by atomic mass is 9.36. The summed E-state index contributed by atoms with van der Waals surface area (Å²) < 4.78 is 13.7. The van der Waals surface area contributed by atoms with Crippen LogP contribution >= 0.6 is 0 Å². The van der Waals surface area contributed by atoms with Gasteiger partial charge in [0.2, 0.25) is 0 Å². The number of nitrogens with zero attached hydrogens (tertiary/aromatic N) is 2. The van der Waals surface area contributed by atoms with Gasteiger partial charge in [-0.15, -0.1) is 0 Å². The molecule has 2 saturated heterocycles. The normalized spacial score (nSPS) is 37.7. The quantitative estimate of drug-likeness (QED) is 0.255. The molecule has 2 aliphatic heterocycles. The van der Waals surface area contributed by atoms with Gasteiger partial charge in [0.1, 0.15) is 11.6 Å². The second kappa shape index (κ2) is 10.7. The van der Waals surface area contributed by atoms with Crippen LogP contribution in [0, 0.1) is 34.0 Å². The third-order valence-corrected chi connectivity index (χ3v) is 11.9. The summed E-state index contributed by atoms with van der Waals surface area (Å²) in [5.74, 6) is 0.346. The first-order valence-corrected chi connectivity index (χ1v) is 16.2. The van der Waals surface area contributed by atoms with E-state index >= 15 is 0 Å². The first-order valence-electron chi connectivity index (χ1n) is 16.2. The van der Waals surface area contributed by atoms with Gasteiger partial charge >= 0.3 is 13.1 Å². The maximum atomic E-state index is 13.6. The Balaban J connectivity index is 1.17. The van der Waals surface area contributed by atoms with E-state index in [9.17, 15) is 14.9 Å². The highest BCUT2D eigenvalue weighted by molar-refractivity contribution is 6.52. The number of nitrogens with one attached hydrogen (secondary N) is 2. The first kappa shape index (κ1) is 30.2. The molecule has 7 rings (SSSR count). The number of likely N-dealkylation sites (tertiary alicyclic amines) is 1. The molecule has 4 saturated carbocycles. The van der Waals surface area contributed by atoms with E-state index in [4.69, 9.17) is 9.31 Å². The molecular formula is C34H47BN4O4. The molecule has 2 bridgehead atoms. The van der Waals surface area contributed by atoms with Crippen molar-refractivity contribution in [3.05, 3.63) is 47.5 Å². The molecule has 7 atom stereocenters. The lowest BCUT2D eigenvalue weighted by Gasteiger charge is -2.70. The van der Waals surface area contributed by atoms with Crippen LogP contribution in [0.1, 0.15) is 91.5 Å². The monoisotopic (exact) mass is 586 g/mol. The summed E-state index contributed by atoms with van der Waals surface area (Å²) in [6, 6.07) is 11.9. The zero-order valence-corrected chi connectivity index (χ0v) is 26.6. The summed E-state index contributed by atoms with van der Waals surface area (Å²) in [6.07, 6.45) is 7.23. The Kier molecular flexibility index (Phi) is 7.49. The Morgan fingerprint density at radius 1 is 1.14 bits per heavy atom. The summed E-state index contributed by atoms with van der Waals surface area (Å²) >= 11 is 0. The summed E-state index contributed by atoms with van der Waals surface area (Å²) in [5, 5.41) is 16.0. The van der Waals surface area contributed by atoms with E-state index in [1.54, 1.807) is 11.0 Å². The van der Waals surface area contributed by atoms with Crippen molar-refractivity contribution in [1.82, 2.24) is 15.5 Å². The van der Waals surface area contributed by atoms with Crippen molar-refractivity contribution in [1.29, 1.82) is 5.26 Å². The van der Waals surface area contributed by atoms with Crippen molar-refractivity contribution < 1.29 is 18.9 Å². The van der Waals surface area contributed by atoms with Crippen LogP contribution in [0.15, 0.2) is 42.0 Å². The van der Waals surface area contributed by atoms with E-state index in [1.807, 2.05) is 32.0 Å². The van der Waals surface area contributed by atoms with Gasteiger partial charge in [-0.05, 0) is 73.7 Å². The standard InChI is InChI=1S/C34H47BN4O4/c1-22(2)16-24(20-36)29(40)39-15-11-10-14-25(39)21-37-30(41)38-34(17-26(34)23-12-8-7-9-13-23)35-42-28-19-32(5)18-27(31(32,3)4)33(28,6)43-35/h7-9,12-13,16,22,25-28H,10-11,14-15,17-19,21H2,1-6H3,(H2,37,38,41)/b24-16+/t25-,26?,27+,28-,32?,33+,34?/m1/s1. The molecule has 43 heavy (non-hydrogen) atoms. The maximum Gasteiger partial charge on any atom is 0.485 e. The average molecular weight is 587 g/mol. The van der Waals surface area contributed by atoms with Crippen molar-refractivity contribution in [2.75, 3.05) is 13.1 Å². The molecule has 0 radical (unpaired) electrons. The molecule has 3 amide bonds. The Morgan fingerprint density at radius 3 is 2.56 bits per heavy atom. The molecule has 9 heteroatoms. The lowest BCUT2D eigenvalue weighted by Crippen LogP contribution is -2.70. The molecule has 2 heterocycles. The number of piperidine rings is 1. The third kappa shape index (κ3) is 4.89. The fraction of sp³-hybridized carbons (Fsp3) is 0.676. The predicted molar refractivity (Wildman–Crippen MR) is 166 cm³/mol. The Morgan fingerprint density at radius 2 is 1.88 bits per heavy atom. The average Bonchev–Trinajstić information content (AvgIpc) is 3.60. The molecule has 8 nitrogen and oxygen atoms in total. The van der Waals surface area contributed by atoms with Gasteiger partial charge in [0.25, 0.3) is 5.91 Å². The zero-order valence-electron chi connectivity index (χ0n) is 26.6. The van der Waals surface area contributed by atoms with Gasteiger partial charge in [0.15, 0.2) is 0 Å². The first-order chi connectivity index (χ1) is 20.3. The molecule has 6 aliphatic rings. The second-order valence-corrected chi connectivity index (χ2v) is 15.1. The summed E-state index contributed by atoms with van der Waals surface area (Å²) in [4.78, 5) is 28.6. The molecule has 1 aromatic carbocycles. The number of rotatable bonds is 7. The van der Waals surface area contributed by atoms with Gasteiger partial charge in [-0.25, -0.2) is 4.79 Å². The van der Waals surface area contributed by atoms with Crippen molar-refractivity contribution in [3.8, 4) is 6.07 Å². The molecule has 3 unspecified atom stereocenters. The van der Waals surface area contributed by atoms with E-state index in [2.05, 4.69) is 56.5 Å². The smallest absolute Gasteiger partial charge is 0.404 e. The van der Waals surface area contributed by atoms with E-state index < -0.39 is 12.6 Å². The molecule has 6 fully saturated rings. The minimum absolute atomic E-state index is 0.00284. The fourth-order valence-corrected chi connectivity index (χ4v) is 8.76. The van der Waals surface area contributed by atoms with E-state index in [0.29, 0.717) is 19.0 Å². The minimum Gasteiger partial charge on any atom is -0.404 e. The number of carbonyl (C=O) groups is 2. The number of urea groups is 1. The Labute approximate surface area is 257 Å². The molecule has 2 N–H and O–H groups in total. The predicted octanol–water partition coefficient (Wildman–Crippen LogP) is 5.36. The number of amides is 3. The summed E-state index contributed by atoms with van der Waals surface area (Å²) in [6.45, 7) is 14.1. The van der Waals surface area contributed by atoms with Gasteiger partial charge in [0.05, 0.1) is 17.1 Å². The van der Waals surface area contributed by atoms with Crippen molar-refractivity contribution >= 4 is 19.1 Å². The van der Waals surface area contributed by atoms with Crippen LogP contribution in [0.5, 0.6) is 0 Å². The van der Waals surface area contributed by atoms with Crippen LogP contribution < -0.4 is 10.6 Å². The fourth-order valence-electron chi connectivity index (χ4n) is 8.76. The van der Waals surface area contributed by atoms with Gasteiger partial charge in [-0.3, -0.25) is 4.79 Å². The van der Waals surface area contributed by atoms with Gasteiger partial charge in [-0.1, -0.05) is 71.0 Å². The zero-order chi connectivity index (χ0) is 30.8. The maximum absolute atomic E-state index is 13.6. The largest absolute Gasteiger partial charge is 0.485 e. The highest BCUT2D eigenvalue weighted by Gasteiger charge is 2.77. The van der Waals surface area contributed by atoms with Crippen molar-refractivity contribution in [2.24, 2.45) is 22.7 Å². The summed E-state index contributed by atoms with van der Waals surface area (Å²) in [5.41, 5.74) is 0.699. The van der Waals surface area contributed by atoms with Crippen LogP contribution in [0.25, 0.3) is 0 Å². The van der Waals surface area contributed by atoms with Gasteiger partial charge < -0.3 is 24.8 Å². The number of allylic oxidation sites excluding steroid dienone is 1. The van der Waals surface area contributed by atoms with Crippen LogP contribution in [-0.2, 0) is 14.1 Å². The number of benzene rings is 1. The minimum atomic E-state index is -0.669. The van der Waals surface area contributed by atoms with Crippen molar-refractivity contribution in [3.63, 3.8) is 0 Å². The van der Waals surface area contributed by atoms with E-state index in [1.165, 1.54) is 0 Å².